The molecule has 7 heteroatoms. The zero-order valence-electron chi connectivity index (χ0n) is 10.8. The van der Waals surface area contributed by atoms with Crippen molar-refractivity contribution in [2.24, 2.45) is 11.7 Å². The van der Waals surface area contributed by atoms with Gasteiger partial charge >= 0.3 is 0 Å². The van der Waals surface area contributed by atoms with Crippen molar-refractivity contribution in [1.29, 1.82) is 0 Å². The molecule has 0 radical (unpaired) electrons. The number of benzene rings is 1. The molecule has 0 saturated carbocycles. The molecule has 1 aliphatic rings. The van der Waals surface area contributed by atoms with Crippen molar-refractivity contribution in [2.45, 2.75) is 6.42 Å². The molecule has 1 atom stereocenters. The monoisotopic (exact) mass is 361 g/mol. The number of carbonyl (C=O) groups is 2. The maximum absolute atomic E-state index is 12.2. The van der Waals surface area contributed by atoms with Crippen LogP contribution < -0.4 is 16.0 Å². The van der Waals surface area contributed by atoms with Crippen LogP contribution >= 0.6 is 28.3 Å². The van der Waals surface area contributed by atoms with Crippen LogP contribution in [0, 0.1) is 5.92 Å². The molecule has 2 amide bonds. The highest BCUT2D eigenvalue weighted by molar-refractivity contribution is 9.10. The summed E-state index contributed by atoms with van der Waals surface area (Å²) in [6, 6.07) is 7.50. The molecule has 0 aliphatic carbocycles. The van der Waals surface area contributed by atoms with E-state index in [4.69, 9.17) is 5.73 Å². The maximum Gasteiger partial charge on any atom is 0.239 e. The second-order valence-electron chi connectivity index (χ2n) is 4.39. The lowest BCUT2D eigenvalue weighted by Crippen LogP contribution is -2.38. The molecule has 2 rings (SSSR count). The molecule has 1 fully saturated rings. The molecule has 1 aliphatic heterocycles. The Morgan fingerprint density at radius 2 is 2.25 bits per heavy atom. The second-order valence-corrected chi connectivity index (χ2v) is 5.31. The second kappa shape index (κ2) is 7.61. The highest BCUT2D eigenvalue weighted by Gasteiger charge is 2.37. The Morgan fingerprint density at radius 1 is 1.50 bits per heavy atom. The van der Waals surface area contributed by atoms with Crippen LogP contribution in [0.2, 0.25) is 0 Å². The first-order chi connectivity index (χ1) is 9.13. The largest absolute Gasteiger partial charge is 0.354 e. The van der Waals surface area contributed by atoms with Gasteiger partial charge in [0.05, 0.1) is 0 Å². The van der Waals surface area contributed by atoms with Crippen molar-refractivity contribution in [3.05, 3.63) is 28.7 Å². The summed E-state index contributed by atoms with van der Waals surface area (Å²) in [4.78, 5) is 25.7. The van der Waals surface area contributed by atoms with E-state index in [1.165, 1.54) is 0 Å². The summed E-state index contributed by atoms with van der Waals surface area (Å²) in [5.41, 5.74) is 6.14. The molecule has 1 heterocycles. The Kier molecular flexibility index (Phi) is 6.45. The van der Waals surface area contributed by atoms with Gasteiger partial charge in [-0.3, -0.25) is 9.59 Å². The van der Waals surface area contributed by atoms with Crippen LogP contribution in [0.3, 0.4) is 0 Å². The summed E-state index contributed by atoms with van der Waals surface area (Å²) in [6.45, 7) is 1.34. The molecule has 1 saturated heterocycles. The number of hydrogen-bond acceptors (Lipinski definition) is 3. The summed E-state index contributed by atoms with van der Waals surface area (Å²) >= 11 is 3.38. The molecule has 0 spiro atoms. The van der Waals surface area contributed by atoms with Crippen LogP contribution in [0.5, 0.6) is 0 Å². The van der Waals surface area contributed by atoms with E-state index in [9.17, 15) is 9.59 Å². The molecule has 1 aromatic rings. The van der Waals surface area contributed by atoms with Crippen LogP contribution in [0.1, 0.15) is 6.42 Å². The topological polar surface area (TPSA) is 75.4 Å². The zero-order chi connectivity index (χ0) is 13.8. The number of nitrogens with two attached hydrogens (primary N) is 1. The number of hydrogen-bond donors (Lipinski definition) is 2. The third kappa shape index (κ3) is 3.71. The van der Waals surface area contributed by atoms with Crippen LogP contribution in [-0.4, -0.2) is 31.4 Å². The molecular weight excluding hydrogens is 346 g/mol. The van der Waals surface area contributed by atoms with Gasteiger partial charge in [-0.25, -0.2) is 0 Å². The number of amides is 2. The van der Waals surface area contributed by atoms with Gasteiger partial charge in [0.15, 0.2) is 0 Å². The predicted molar refractivity (Wildman–Crippen MR) is 83.9 cm³/mol. The van der Waals surface area contributed by atoms with E-state index in [1.54, 1.807) is 4.90 Å². The first kappa shape index (κ1) is 16.9. The minimum atomic E-state index is -0.592. The number of rotatable bonds is 4. The lowest BCUT2D eigenvalue weighted by molar-refractivity contribution is -0.132. The summed E-state index contributed by atoms with van der Waals surface area (Å²) < 4.78 is 0.911. The Balaban J connectivity index is 0.00000200. The van der Waals surface area contributed by atoms with Gasteiger partial charge in [0.25, 0.3) is 0 Å². The summed E-state index contributed by atoms with van der Waals surface area (Å²) in [5.74, 6) is -0.967. The molecular formula is C13H17BrClN3O2. The van der Waals surface area contributed by atoms with Crippen LogP contribution in [0.25, 0.3) is 0 Å². The average Bonchev–Trinajstić information content (AvgIpc) is 2.78. The third-order valence-corrected chi connectivity index (χ3v) is 3.58. The molecule has 3 N–H and O–H groups in total. The zero-order valence-corrected chi connectivity index (χ0v) is 13.2. The van der Waals surface area contributed by atoms with E-state index in [0.29, 0.717) is 26.1 Å². The van der Waals surface area contributed by atoms with E-state index in [-0.39, 0.29) is 24.2 Å². The fourth-order valence-electron chi connectivity index (χ4n) is 2.14. The number of halogens is 2. The number of carbonyl (C=O) groups excluding carboxylic acids is 2. The minimum absolute atomic E-state index is 0. The number of nitrogens with one attached hydrogen (secondary N) is 1. The normalized spacial score (nSPS) is 17.8. The number of nitrogens with zero attached hydrogens (tertiary/aromatic N) is 1. The van der Waals surface area contributed by atoms with Crippen molar-refractivity contribution < 1.29 is 9.59 Å². The molecule has 110 valence electrons. The SMILES string of the molecule is Cl.NCCNC(=O)C1CCN(c2cccc(Br)c2)C1=O. The van der Waals surface area contributed by atoms with Crippen molar-refractivity contribution in [2.75, 3.05) is 24.5 Å². The molecule has 1 unspecified atom stereocenters. The maximum atomic E-state index is 12.2. The lowest BCUT2D eigenvalue weighted by atomic mass is 10.1. The predicted octanol–water partition coefficient (Wildman–Crippen LogP) is 1.30. The summed E-state index contributed by atoms with van der Waals surface area (Å²) in [5, 5.41) is 2.67. The molecule has 0 aromatic heterocycles. The molecule has 0 bridgehead atoms. The Bertz CT molecular complexity index is 498. The van der Waals surface area contributed by atoms with Gasteiger partial charge in [0.1, 0.15) is 5.92 Å². The van der Waals surface area contributed by atoms with Crippen molar-refractivity contribution >= 4 is 45.8 Å². The summed E-state index contributed by atoms with van der Waals surface area (Å²) in [6.07, 6.45) is 0.543. The third-order valence-electron chi connectivity index (χ3n) is 3.09. The van der Waals surface area contributed by atoms with Gasteiger partial charge in [0.2, 0.25) is 11.8 Å². The number of anilines is 1. The van der Waals surface area contributed by atoms with Gasteiger partial charge in [-0.15, -0.1) is 12.4 Å². The van der Waals surface area contributed by atoms with E-state index >= 15 is 0 Å². The fourth-order valence-corrected chi connectivity index (χ4v) is 2.53. The van der Waals surface area contributed by atoms with Gasteiger partial charge < -0.3 is 16.0 Å². The first-order valence-electron chi connectivity index (χ1n) is 6.18. The summed E-state index contributed by atoms with van der Waals surface area (Å²) in [7, 11) is 0. The van der Waals surface area contributed by atoms with Gasteiger partial charge in [-0.1, -0.05) is 22.0 Å². The highest BCUT2D eigenvalue weighted by Crippen LogP contribution is 2.27. The van der Waals surface area contributed by atoms with Gasteiger partial charge in [0, 0.05) is 29.8 Å². The fraction of sp³-hybridized carbons (Fsp3) is 0.385. The first-order valence-corrected chi connectivity index (χ1v) is 6.97. The van der Waals surface area contributed by atoms with Gasteiger partial charge in [-0.05, 0) is 24.6 Å². The molecule has 20 heavy (non-hydrogen) atoms. The van der Waals surface area contributed by atoms with E-state index in [0.717, 1.165) is 10.2 Å². The molecule has 5 nitrogen and oxygen atoms in total. The average molecular weight is 363 g/mol. The van der Waals surface area contributed by atoms with Gasteiger partial charge in [-0.2, -0.15) is 0 Å². The van der Waals surface area contributed by atoms with Crippen molar-refractivity contribution in [1.82, 2.24) is 5.32 Å². The molecule has 1 aromatic carbocycles. The highest BCUT2D eigenvalue weighted by atomic mass is 79.9. The minimum Gasteiger partial charge on any atom is -0.354 e. The van der Waals surface area contributed by atoms with Crippen LogP contribution in [-0.2, 0) is 9.59 Å². The smallest absolute Gasteiger partial charge is 0.239 e. The van der Waals surface area contributed by atoms with Crippen molar-refractivity contribution in [3.8, 4) is 0 Å². The van der Waals surface area contributed by atoms with Crippen LogP contribution in [0.15, 0.2) is 28.7 Å². The van der Waals surface area contributed by atoms with Crippen molar-refractivity contribution in [3.63, 3.8) is 0 Å². The van der Waals surface area contributed by atoms with Crippen LogP contribution in [0.4, 0.5) is 5.69 Å². The van der Waals surface area contributed by atoms with E-state index in [1.807, 2.05) is 24.3 Å². The van der Waals surface area contributed by atoms with E-state index < -0.39 is 5.92 Å². The Labute approximate surface area is 132 Å². The quantitative estimate of drug-likeness (QED) is 0.793. The van der Waals surface area contributed by atoms with E-state index in [2.05, 4.69) is 21.2 Å². The Morgan fingerprint density at radius 3 is 2.90 bits per heavy atom. The standard InChI is InChI=1S/C13H16BrN3O2.ClH/c14-9-2-1-3-10(8-9)17-7-4-11(13(17)19)12(18)16-6-5-15;/h1-3,8,11H,4-7,15H2,(H,16,18);1H. The Hall–Kier alpha value is -1.11. The lowest BCUT2D eigenvalue weighted by Gasteiger charge is -2.17.